The van der Waals surface area contributed by atoms with Crippen molar-refractivity contribution in [2.45, 2.75) is 31.5 Å². The lowest BCUT2D eigenvalue weighted by Gasteiger charge is -2.51. The molecule has 3 heterocycles. The summed E-state index contributed by atoms with van der Waals surface area (Å²) < 4.78 is 18.7. The third-order valence-electron chi connectivity index (χ3n) is 5.44. The second kappa shape index (κ2) is 7.87. The number of piperidine rings is 2. The maximum Gasteiger partial charge on any atom is 0.260 e. The fourth-order valence-corrected chi connectivity index (χ4v) is 4.12. The van der Waals surface area contributed by atoms with E-state index in [9.17, 15) is 9.18 Å². The first-order valence-electron chi connectivity index (χ1n) is 9.25. The average Bonchev–Trinajstić information content (AvgIpc) is 2.69. The Morgan fingerprint density at radius 2 is 1.74 bits per heavy atom. The summed E-state index contributed by atoms with van der Waals surface area (Å²) in [7, 11) is 0. The van der Waals surface area contributed by atoms with Crippen LogP contribution in [0.4, 0.5) is 4.39 Å². The molecule has 3 fully saturated rings. The van der Waals surface area contributed by atoms with Crippen LogP contribution in [-0.4, -0.2) is 47.5 Å². The predicted octanol–water partition coefficient (Wildman–Crippen LogP) is 3.73. The molecule has 0 N–H and O–H groups in total. The summed E-state index contributed by atoms with van der Waals surface area (Å²) in [5.74, 6) is 0.463. The lowest BCUT2D eigenvalue weighted by atomic mass is 9.90. The van der Waals surface area contributed by atoms with Crippen LogP contribution in [0.3, 0.4) is 0 Å². The number of halogens is 2. The highest BCUT2D eigenvalue weighted by Gasteiger charge is 2.40. The van der Waals surface area contributed by atoms with E-state index in [0.29, 0.717) is 16.8 Å². The van der Waals surface area contributed by atoms with Gasteiger partial charge in [0.05, 0.1) is 0 Å². The van der Waals surface area contributed by atoms with Gasteiger partial charge in [0.1, 0.15) is 11.6 Å². The van der Waals surface area contributed by atoms with Crippen molar-refractivity contribution in [3.05, 3.63) is 64.9 Å². The highest BCUT2D eigenvalue weighted by molar-refractivity contribution is 6.30. The van der Waals surface area contributed by atoms with Gasteiger partial charge in [0, 0.05) is 36.7 Å². The van der Waals surface area contributed by atoms with Gasteiger partial charge in [-0.05, 0) is 54.8 Å². The molecule has 0 aromatic heterocycles. The van der Waals surface area contributed by atoms with Crippen LogP contribution in [0, 0.1) is 5.82 Å². The minimum absolute atomic E-state index is 0.0288. The molecule has 6 heteroatoms. The van der Waals surface area contributed by atoms with Crippen LogP contribution in [0.2, 0.25) is 5.02 Å². The number of amides is 1. The molecule has 4 nitrogen and oxygen atoms in total. The Labute approximate surface area is 163 Å². The zero-order valence-corrected chi connectivity index (χ0v) is 15.7. The van der Waals surface area contributed by atoms with E-state index in [1.54, 1.807) is 24.3 Å². The van der Waals surface area contributed by atoms with Crippen molar-refractivity contribution in [1.82, 2.24) is 9.80 Å². The number of nitrogens with zero attached hydrogens (tertiary/aromatic N) is 2. The lowest BCUT2D eigenvalue weighted by Crippen LogP contribution is -2.64. The number of carbonyl (C=O) groups excluding carboxylic acids is 1. The molecule has 2 aromatic carbocycles. The van der Waals surface area contributed by atoms with Crippen molar-refractivity contribution in [1.29, 1.82) is 0 Å². The highest BCUT2D eigenvalue weighted by Crippen LogP contribution is 2.30. The van der Waals surface area contributed by atoms with E-state index in [0.717, 1.165) is 38.0 Å². The smallest absolute Gasteiger partial charge is 0.260 e. The predicted molar refractivity (Wildman–Crippen MR) is 102 cm³/mol. The topological polar surface area (TPSA) is 32.8 Å². The fourth-order valence-electron chi connectivity index (χ4n) is 4.00. The summed E-state index contributed by atoms with van der Waals surface area (Å²) in [6, 6.07) is 14.3. The Bertz CT molecular complexity index is 797. The zero-order chi connectivity index (χ0) is 18.8. The van der Waals surface area contributed by atoms with Crippen LogP contribution in [-0.2, 0) is 11.3 Å². The zero-order valence-electron chi connectivity index (χ0n) is 15.0. The largest absolute Gasteiger partial charge is 0.484 e. The van der Waals surface area contributed by atoms with Crippen LogP contribution in [0.25, 0.3) is 0 Å². The molecule has 0 saturated carbocycles. The molecule has 0 aliphatic carbocycles. The number of hydrogen-bond donors (Lipinski definition) is 0. The normalized spacial score (nSPS) is 22.1. The van der Waals surface area contributed by atoms with Gasteiger partial charge >= 0.3 is 0 Å². The second-order valence-corrected chi connectivity index (χ2v) is 7.67. The summed E-state index contributed by atoms with van der Waals surface area (Å²) in [5.41, 5.74) is 1.10. The third kappa shape index (κ3) is 4.25. The molecule has 2 atom stereocenters. The standard InChI is InChI=1S/C21H22ClFN2O2/c22-16-3-9-20(10-4-16)27-14-21(26)25-13-18-7-8-19(25)12-24(18)11-15-1-5-17(23)6-2-15/h1-6,9-10,18-19H,7-8,11-14H2. The molecule has 3 saturated heterocycles. The van der Waals surface area contributed by atoms with Crippen molar-refractivity contribution in [2.75, 3.05) is 19.7 Å². The molecular weight excluding hydrogens is 367 g/mol. The van der Waals surface area contributed by atoms with E-state index in [4.69, 9.17) is 16.3 Å². The van der Waals surface area contributed by atoms with Gasteiger partial charge in [-0.2, -0.15) is 0 Å². The molecule has 2 unspecified atom stereocenters. The van der Waals surface area contributed by atoms with E-state index < -0.39 is 0 Å². The Balaban J connectivity index is 1.33. The molecule has 0 spiro atoms. The van der Waals surface area contributed by atoms with Crippen molar-refractivity contribution < 1.29 is 13.9 Å². The van der Waals surface area contributed by atoms with Crippen molar-refractivity contribution >= 4 is 17.5 Å². The SMILES string of the molecule is O=C(COc1ccc(Cl)cc1)N1CC2CCC1CN2Cc1ccc(F)cc1. The number of carbonyl (C=O) groups is 1. The van der Waals surface area contributed by atoms with E-state index in [-0.39, 0.29) is 24.4 Å². The first kappa shape index (κ1) is 18.3. The van der Waals surface area contributed by atoms with Gasteiger partial charge in [0.2, 0.25) is 0 Å². The number of piperazine rings is 1. The molecule has 3 aliphatic rings. The Morgan fingerprint density at radius 1 is 1.04 bits per heavy atom. The highest BCUT2D eigenvalue weighted by atomic mass is 35.5. The molecule has 1 amide bonds. The summed E-state index contributed by atoms with van der Waals surface area (Å²) in [4.78, 5) is 17.0. The number of benzene rings is 2. The summed E-state index contributed by atoms with van der Waals surface area (Å²) in [5, 5.41) is 0.642. The summed E-state index contributed by atoms with van der Waals surface area (Å²) in [6.45, 7) is 2.43. The van der Waals surface area contributed by atoms with Gasteiger partial charge in [-0.1, -0.05) is 23.7 Å². The van der Waals surface area contributed by atoms with Gasteiger partial charge in [-0.25, -0.2) is 4.39 Å². The molecule has 0 radical (unpaired) electrons. The third-order valence-corrected chi connectivity index (χ3v) is 5.69. The van der Waals surface area contributed by atoms with Crippen molar-refractivity contribution in [2.24, 2.45) is 0 Å². The van der Waals surface area contributed by atoms with E-state index in [1.165, 1.54) is 12.1 Å². The molecular formula is C21H22ClFN2O2. The minimum Gasteiger partial charge on any atom is -0.484 e. The molecule has 142 valence electrons. The van der Waals surface area contributed by atoms with E-state index in [2.05, 4.69) is 4.90 Å². The Kier molecular flexibility index (Phi) is 5.32. The van der Waals surface area contributed by atoms with Gasteiger partial charge in [-0.3, -0.25) is 9.69 Å². The van der Waals surface area contributed by atoms with Gasteiger partial charge < -0.3 is 9.64 Å². The maximum absolute atomic E-state index is 13.1. The Hall–Kier alpha value is -2.11. The monoisotopic (exact) mass is 388 g/mol. The van der Waals surface area contributed by atoms with E-state index >= 15 is 0 Å². The molecule has 2 bridgehead atoms. The van der Waals surface area contributed by atoms with Crippen molar-refractivity contribution in [3.63, 3.8) is 0 Å². The van der Waals surface area contributed by atoms with E-state index in [1.807, 2.05) is 17.0 Å². The summed E-state index contributed by atoms with van der Waals surface area (Å²) in [6.07, 6.45) is 2.12. The first-order chi connectivity index (χ1) is 13.1. The van der Waals surface area contributed by atoms with Gasteiger partial charge in [0.25, 0.3) is 5.91 Å². The number of fused-ring (bicyclic) bond motifs is 3. The number of hydrogen-bond acceptors (Lipinski definition) is 3. The van der Waals surface area contributed by atoms with Crippen LogP contribution in [0.15, 0.2) is 48.5 Å². The molecule has 3 aliphatic heterocycles. The maximum atomic E-state index is 13.1. The number of rotatable bonds is 5. The van der Waals surface area contributed by atoms with Gasteiger partial charge in [0.15, 0.2) is 6.61 Å². The van der Waals surface area contributed by atoms with Crippen LogP contribution in [0.5, 0.6) is 5.75 Å². The van der Waals surface area contributed by atoms with Crippen LogP contribution in [0.1, 0.15) is 18.4 Å². The first-order valence-corrected chi connectivity index (χ1v) is 9.62. The van der Waals surface area contributed by atoms with Crippen LogP contribution < -0.4 is 4.74 Å². The Morgan fingerprint density at radius 3 is 2.41 bits per heavy atom. The lowest BCUT2D eigenvalue weighted by molar-refractivity contribution is -0.144. The van der Waals surface area contributed by atoms with Crippen LogP contribution >= 0.6 is 11.6 Å². The minimum atomic E-state index is -0.212. The average molecular weight is 389 g/mol. The molecule has 2 aromatic rings. The van der Waals surface area contributed by atoms with Gasteiger partial charge in [-0.15, -0.1) is 0 Å². The molecule has 5 rings (SSSR count). The van der Waals surface area contributed by atoms with Crippen molar-refractivity contribution in [3.8, 4) is 5.75 Å². The summed E-state index contributed by atoms with van der Waals surface area (Å²) >= 11 is 5.86. The quantitative estimate of drug-likeness (QED) is 0.782. The molecule has 27 heavy (non-hydrogen) atoms. The fraction of sp³-hybridized carbons (Fsp3) is 0.381. The number of ether oxygens (including phenoxy) is 1. The second-order valence-electron chi connectivity index (χ2n) is 7.23.